The van der Waals surface area contributed by atoms with E-state index in [-0.39, 0.29) is 23.0 Å². The first-order valence-corrected chi connectivity index (χ1v) is 5.20. The van der Waals surface area contributed by atoms with Gasteiger partial charge in [-0.3, -0.25) is 0 Å². The molecule has 0 bridgehead atoms. The summed E-state index contributed by atoms with van der Waals surface area (Å²) in [6.07, 6.45) is -1.83. The third-order valence-electron chi connectivity index (χ3n) is 1.76. The minimum Gasteiger partial charge on any atom is -0.504 e. The second-order valence-electron chi connectivity index (χ2n) is 3.26. The molecule has 2 rings (SSSR count). The lowest BCUT2D eigenvalue weighted by atomic mass is 10.3. The van der Waals surface area contributed by atoms with E-state index < -0.39 is 6.16 Å². The number of hydrogen-bond donors (Lipinski definition) is 6. The molecule has 0 aliphatic heterocycles. The molecular formula is C13H14O7. The molecule has 20 heavy (non-hydrogen) atoms. The molecule has 0 spiro atoms. The summed E-state index contributed by atoms with van der Waals surface area (Å²) in [5.74, 6) is -0.306. The van der Waals surface area contributed by atoms with Crippen LogP contribution in [0.15, 0.2) is 48.5 Å². The number of carbonyl (C=O) groups is 1. The fraction of sp³-hybridized carbons (Fsp3) is 0. The molecule has 6 N–H and O–H groups in total. The maximum Gasteiger partial charge on any atom is 0.503 e. The predicted molar refractivity (Wildman–Crippen MR) is 70.2 cm³/mol. The van der Waals surface area contributed by atoms with Gasteiger partial charge < -0.3 is 30.6 Å². The van der Waals surface area contributed by atoms with Crippen molar-refractivity contribution in [2.24, 2.45) is 0 Å². The van der Waals surface area contributed by atoms with E-state index in [4.69, 9.17) is 35.4 Å². The number of para-hydroxylation sites is 4. The summed E-state index contributed by atoms with van der Waals surface area (Å²) in [5.41, 5.74) is 0. The molecule has 2 aromatic carbocycles. The van der Waals surface area contributed by atoms with Gasteiger partial charge in [0.25, 0.3) is 0 Å². The average molecular weight is 282 g/mol. The molecule has 0 aliphatic carbocycles. The van der Waals surface area contributed by atoms with Crippen LogP contribution >= 0.6 is 0 Å². The predicted octanol–water partition coefficient (Wildman–Crippen LogP) is 2.42. The highest BCUT2D eigenvalue weighted by molar-refractivity contribution is 5.53. The zero-order valence-corrected chi connectivity index (χ0v) is 10.2. The van der Waals surface area contributed by atoms with Crippen LogP contribution in [0.4, 0.5) is 4.79 Å². The van der Waals surface area contributed by atoms with Crippen LogP contribution in [0.25, 0.3) is 0 Å². The van der Waals surface area contributed by atoms with E-state index in [1.54, 1.807) is 24.3 Å². The molecule has 0 radical (unpaired) electrons. The van der Waals surface area contributed by atoms with Crippen LogP contribution in [-0.2, 0) is 0 Å². The van der Waals surface area contributed by atoms with Gasteiger partial charge in [-0.05, 0) is 24.3 Å². The number of benzene rings is 2. The van der Waals surface area contributed by atoms with Gasteiger partial charge >= 0.3 is 6.16 Å². The second-order valence-corrected chi connectivity index (χ2v) is 3.26. The minimum atomic E-state index is -1.83. The fourth-order valence-electron chi connectivity index (χ4n) is 0.928. The highest BCUT2D eigenvalue weighted by Gasteiger charge is 1.91. The van der Waals surface area contributed by atoms with Gasteiger partial charge in [-0.25, -0.2) is 4.79 Å². The van der Waals surface area contributed by atoms with Gasteiger partial charge in [-0.15, -0.1) is 0 Å². The first kappa shape index (κ1) is 16.9. The molecule has 108 valence electrons. The lowest BCUT2D eigenvalue weighted by Crippen LogP contribution is -1.81. The Hall–Kier alpha value is -3.09. The third-order valence-corrected chi connectivity index (χ3v) is 1.76. The first-order valence-electron chi connectivity index (χ1n) is 5.20. The Morgan fingerprint density at radius 3 is 0.850 bits per heavy atom. The molecule has 7 heteroatoms. The summed E-state index contributed by atoms with van der Waals surface area (Å²) in [7, 11) is 0. The standard InChI is InChI=1S/2C6H6O2.CH2O3/c2*7-5-3-1-2-4-6(5)8;2-1(3)4/h2*1-4,7-8H;(H2,2,3,4). The Morgan fingerprint density at radius 2 is 0.750 bits per heavy atom. The summed E-state index contributed by atoms with van der Waals surface area (Å²) < 4.78 is 0. The van der Waals surface area contributed by atoms with Gasteiger partial charge in [0.1, 0.15) is 0 Å². The number of rotatable bonds is 0. The van der Waals surface area contributed by atoms with Crippen molar-refractivity contribution in [3.8, 4) is 23.0 Å². The third kappa shape index (κ3) is 8.07. The van der Waals surface area contributed by atoms with E-state index in [9.17, 15) is 0 Å². The summed E-state index contributed by atoms with van der Waals surface area (Å²) >= 11 is 0. The molecule has 7 nitrogen and oxygen atoms in total. The van der Waals surface area contributed by atoms with Crippen molar-refractivity contribution in [3.05, 3.63) is 48.5 Å². The summed E-state index contributed by atoms with van der Waals surface area (Å²) in [4.78, 5) is 8.56. The molecule has 0 heterocycles. The van der Waals surface area contributed by atoms with Gasteiger partial charge in [0.15, 0.2) is 23.0 Å². The minimum absolute atomic E-state index is 0.0764. The van der Waals surface area contributed by atoms with Crippen molar-refractivity contribution in [2.45, 2.75) is 0 Å². The van der Waals surface area contributed by atoms with E-state index in [1.807, 2.05) is 0 Å². The van der Waals surface area contributed by atoms with E-state index in [2.05, 4.69) is 0 Å². The molecule has 0 amide bonds. The SMILES string of the molecule is O=C(O)O.Oc1ccccc1O.Oc1ccccc1O. The smallest absolute Gasteiger partial charge is 0.503 e. The number of phenolic OH excluding ortho intramolecular Hbond substituents is 4. The topological polar surface area (TPSA) is 138 Å². The number of hydrogen-bond acceptors (Lipinski definition) is 5. The van der Waals surface area contributed by atoms with Crippen molar-refractivity contribution < 1.29 is 35.4 Å². The molecule has 0 unspecified atom stereocenters. The van der Waals surface area contributed by atoms with Gasteiger partial charge in [-0.1, -0.05) is 24.3 Å². The summed E-state index contributed by atoms with van der Waals surface area (Å²) in [6.45, 7) is 0. The van der Waals surface area contributed by atoms with Gasteiger partial charge in [0.2, 0.25) is 0 Å². The molecule has 2 aromatic rings. The molecular weight excluding hydrogens is 268 g/mol. The maximum absolute atomic E-state index is 8.67. The average Bonchev–Trinajstić information content (AvgIpc) is 2.37. The number of aromatic hydroxyl groups is 4. The highest BCUT2D eigenvalue weighted by Crippen LogP contribution is 2.21. The molecule has 0 atom stereocenters. The Morgan fingerprint density at radius 1 is 0.600 bits per heavy atom. The number of carboxylic acid groups (broad SMARTS) is 2. The van der Waals surface area contributed by atoms with E-state index >= 15 is 0 Å². The van der Waals surface area contributed by atoms with Crippen LogP contribution in [-0.4, -0.2) is 36.8 Å². The van der Waals surface area contributed by atoms with Gasteiger partial charge in [0, 0.05) is 0 Å². The molecule has 0 saturated heterocycles. The maximum atomic E-state index is 8.67. The van der Waals surface area contributed by atoms with Crippen LogP contribution in [0.3, 0.4) is 0 Å². The van der Waals surface area contributed by atoms with E-state index in [0.29, 0.717) is 0 Å². The van der Waals surface area contributed by atoms with Gasteiger partial charge in [0.05, 0.1) is 0 Å². The first-order chi connectivity index (χ1) is 9.34. The zero-order chi connectivity index (χ0) is 15.5. The van der Waals surface area contributed by atoms with Crippen LogP contribution in [0.1, 0.15) is 0 Å². The lowest BCUT2D eigenvalue weighted by Gasteiger charge is -1.91. The van der Waals surface area contributed by atoms with E-state index in [1.165, 1.54) is 24.3 Å². The van der Waals surface area contributed by atoms with E-state index in [0.717, 1.165) is 0 Å². The van der Waals surface area contributed by atoms with Crippen molar-refractivity contribution in [1.82, 2.24) is 0 Å². The Bertz CT molecular complexity index is 450. The normalized spacial score (nSPS) is 8.40. The monoisotopic (exact) mass is 282 g/mol. The molecule has 0 fully saturated rings. The zero-order valence-electron chi connectivity index (χ0n) is 10.2. The van der Waals surface area contributed by atoms with Crippen LogP contribution in [0, 0.1) is 0 Å². The fourth-order valence-corrected chi connectivity index (χ4v) is 0.928. The molecule has 0 aromatic heterocycles. The van der Waals surface area contributed by atoms with Crippen molar-refractivity contribution in [2.75, 3.05) is 0 Å². The Kier molecular flexibility index (Phi) is 7.54. The molecule has 0 aliphatic rings. The van der Waals surface area contributed by atoms with Crippen molar-refractivity contribution in [3.63, 3.8) is 0 Å². The highest BCUT2D eigenvalue weighted by atomic mass is 16.6. The van der Waals surface area contributed by atoms with Crippen LogP contribution < -0.4 is 0 Å². The number of phenols is 4. The van der Waals surface area contributed by atoms with Crippen LogP contribution in [0.2, 0.25) is 0 Å². The summed E-state index contributed by atoms with van der Waals surface area (Å²) in [6, 6.07) is 12.3. The van der Waals surface area contributed by atoms with Gasteiger partial charge in [-0.2, -0.15) is 0 Å². The lowest BCUT2D eigenvalue weighted by molar-refractivity contribution is 0.137. The largest absolute Gasteiger partial charge is 0.504 e. The molecule has 0 saturated carbocycles. The Balaban J connectivity index is 0.000000289. The Labute approximate surface area is 114 Å². The van der Waals surface area contributed by atoms with Crippen molar-refractivity contribution in [1.29, 1.82) is 0 Å². The van der Waals surface area contributed by atoms with Crippen LogP contribution in [0.5, 0.6) is 23.0 Å². The quantitative estimate of drug-likeness (QED) is 0.408. The van der Waals surface area contributed by atoms with Crippen molar-refractivity contribution >= 4 is 6.16 Å². The summed E-state index contributed by atoms with van der Waals surface area (Å²) in [5, 5.41) is 48.6. The second kappa shape index (κ2) is 8.92.